The maximum atomic E-state index is 5.82. The van der Waals surface area contributed by atoms with E-state index in [2.05, 4.69) is 72.5 Å². The Balaban J connectivity index is 0.000000234. The topological polar surface area (TPSA) is 15.7 Å². The summed E-state index contributed by atoms with van der Waals surface area (Å²) >= 11 is 9.43. The quantitative estimate of drug-likeness (QED) is 0.303. The van der Waals surface area contributed by atoms with Crippen LogP contribution >= 0.6 is 27.5 Å². The van der Waals surface area contributed by atoms with E-state index in [-0.39, 0.29) is 0 Å². The van der Waals surface area contributed by atoms with Crippen LogP contribution in [0.1, 0.15) is 59.3 Å². The molecule has 1 heterocycles. The van der Waals surface area contributed by atoms with Crippen LogP contribution in [0.5, 0.6) is 5.75 Å². The first kappa shape index (κ1) is 27.3. The molecule has 0 aromatic heterocycles. The molecule has 0 spiro atoms. The van der Waals surface area contributed by atoms with Gasteiger partial charge in [0.05, 0.1) is 28.2 Å². The summed E-state index contributed by atoms with van der Waals surface area (Å²) in [4.78, 5) is 0. The molecule has 1 aliphatic rings. The second-order valence-corrected chi connectivity index (χ2v) is 9.50. The molecule has 0 aliphatic carbocycles. The van der Waals surface area contributed by atoms with Crippen molar-refractivity contribution in [1.82, 2.24) is 5.01 Å². The molecule has 0 amide bonds. The molecule has 0 saturated carbocycles. The second kappa shape index (κ2) is 14.4. The molecule has 0 saturated heterocycles. The van der Waals surface area contributed by atoms with Crippen molar-refractivity contribution in [3.05, 3.63) is 82.1 Å². The zero-order valence-corrected chi connectivity index (χ0v) is 22.8. The predicted molar refractivity (Wildman–Crippen MR) is 147 cm³/mol. The van der Waals surface area contributed by atoms with Crippen molar-refractivity contribution in [3.8, 4) is 5.75 Å². The van der Waals surface area contributed by atoms with Crippen molar-refractivity contribution < 1.29 is 4.74 Å². The smallest absolute Gasteiger partial charge is 0.119 e. The summed E-state index contributed by atoms with van der Waals surface area (Å²) in [6, 6.07) is 17.8. The Kier molecular flexibility index (Phi) is 11.9. The molecule has 2 aromatic carbocycles. The SMILES string of the molecule is C=C1C(Br)=C(CC)N(C)N1c1ccccc1.CCCC(CCC)CCOc1ccc(Cl)cc1. The highest BCUT2D eigenvalue weighted by Gasteiger charge is 2.28. The van der Waals surface area contributed by atoms with E-state index in [4.69, 9.17) is 16.3 Å². The van der Waals surface area contributed by atoms with E-state index < -0.39 is 0 Å². The van der Waals surface area contributed by atoms with E-state index in [1.807, 2.05) is 42.5 Å². The Morgan fingerprint density at radius 3 is 2.06 bits per heavy atom. The molecule has 33 heavy (non-hydrogen) atoms. The van der Waals surface area contributed by atoms with Crippen molar-refractivity contribution in [2.45, 2.75) is 59.3 Å². The average Bonchev–Trinajstić information content (AvgIpc) is 3.04. The average molecular weight is 534 g/mol. The summed E-state index contributed by atoms with van der Waals surface area (Å²) in [5.41, 5.74) is 3.38. The number of rotatable bonds is 10. The van der Waals surface area contributed by atoms with E-state index in [1.54, 1.807) is 0 Å². The van der Waals surface area contributed by atoms with Crippen LogP contribution in [0, 0.1) is 5.92 Å². The fourth-order valence-electron chi connectivity index (χ4n) is 4.11. The summed E-state index contributed by atoms with van der Waals surface area (Å²) in [6.07, 6.45) is 7.32. The monoisotopic (exact) mass is 532 g/mol. The van der Waals surface area contributed by atoms with E-state index in [0.717, 1.165) is 52.0 Å². The van der Waals surface area contributed by atoms with Crippen LogP contribution in [0.25, 0.3) is 0 Å². The first-order valence-electron chi connectivity index (χ1n) is 12.0. The number of hydrazine groups is 1. The Labute approximate surface area is 214 Å². The lowest BCUT2D eigenvalue weighted by atomic mass is 9.95. The number of anilines is 1. The van der Waals surface area contributed by atoms with E-state index in [1.165, 1.54) is 31.4 Å². The largest absolute Gasteiger partial charge is 0.494 e. The summed E-state index contributed by atoms with van der Waals surface area (Å²) < 4.78 is 6.82. The molecule has 0 fully saturated rings. The third kappa shape index (κ3) is 8.12. The fourth-order valence-corrected chi connectivity index (χ4v) is 4.94. The van der Waals surface area contributed by atoms with Crippen LogP contribution in [0.3, 0.4) is 0 Å². The minimum absolute atomic E-state index is 0.757. The van der Waals surface area contributed by atoms with E-state index in [9.17, 15) is 0 Å². The van der Waals surface area contributed by atoms with Gasteiger partial charge in [-0.25, -0.2) is 0 Å². The molecule has 0 radical (unpaired) electrons. The van der Waals surface area contributed by atoms with Gasteiger partial charge in [0.1, 0.15) is 5.75 Å². The van der Waals surface area contributed by atoms with Gasteiger partial charge in [-0.05, 0) is 71.1 Å². The fraction of sp³-hybridized carbons (Fsp3) is 0.429. The highest BCUT2D eigenvalue weighted by Crippen LogP contribution is 2.38. The Morgan fingerprint density at radius 1 is 0.939 bits per heavy atom. The summed E-state index contributed by atoms with van der Waals surface area (Å²) in [7, 11) is 2.06. The molecule has 3 rings (SSSR count). The standard InChI is InChI=1S/C15H23ClO.C13H15BrN2/c1-3-5-13(6-4-2)11-12-17-15-9-7-14(16)8-10-15;1-4-12-13(14)10(2)16(15(12)3)11-8-6-5-7-9-11/h7-10,13H,3-6,11-12H2,1-2H3;5-9H,2,4H2,1,3H3. The maximum absolute atomic E-state index is 5.82. The van der Waals surface area contributed by atoms with Crippen molar-refractivity contribution in [3.63, 3.8) is 0 Å². The Morgan fingerprint density at radius 2 is 1.55 bits per heavy atom. The molecule has 0 N–H and O–H groups in total. The van der Waals surface area contributed by atoms with Crippen molar-refractivity contribution >= 4 is 33.2 Å². The minimum Gasteiger partial charge on any atom is -0.494 e. The highest BCUT2D eigenvalue weighted by molar-refractivity contribution is 9.12. The predicted octanol–water partition coefficient (Wildman–Crippen LogP) is 9.21. The van der Waals surface area contributed by atoms with Gasteiger partial charge in [0.15, 0.2) is 0 Å². The Bertz CT molecular complexity index is 877. The number of para-hydroxylation sites is 1. The van der Waals surface area contributed by atoms with Gasteiger partial charge >= 0.3 is 0 Å². The lowest BCUT2D eigenvalue weighted by molar-refractivity contribution is 0.264. The van der Waals surface area contributed by atoms with Gasteiger partial charge in [0.25, 0.3) is 0 Å². The van der Waals surface area contributed by atoms with Crippen molar-refractivity contribution in [1.29, 1.82) is 0 Å². The highest BCUT2D eigenvalue weighted by atomic mass is 79.9. The van der Waals surface area contributed by atoms with Gasteiger partial charge in [-0.2, -0.15) is 0 Å². The number of halogens is 2. The summed E-state index contributed by atoms with van der Waals surface area (Å²) in [6.45, 7) is 11.6. The van der Waals surface area contributed by atoms with Gasteiger partial charge in [-0.3, -0.25) is 10.0 Å². The third-order valence-corrected chi connectivity index (χ3v) is 6.96. The number of hydrogen-bond acceptors (Lipinski definition) is 3. The van der Waals surface area contributed by atoms with Crippen molar-refractivity contribution in [2.24, 2.45) is 5.92 Å². The number of nitrogens with zero attached hydrogens (tertiary/aromatic N) is 2. The van der Waals surface area contributed by atoms with Crippen LogP contribution in [0.15, 0.2) is 77.1 Å². The normalized spacial score (nSPS) is 13.5. The zero-order chi connectivity index (χ0) is 24.2. The molecule has 0 unspecified atom stereocenters. The first-order valence-corrected chi connectivity index (χ1v) is 13.1. The summed E-state index contributed by atoms with van der Waals surface area (Å²) in [5, 5.41) is 5.01. The summed E-state index contributed by atoms with van der Waals surface area (Å²) in [5.74, 6) is 1.73. The lowest BCUT2D eigenvalue weighted by Gasteiger charge is -2.30. The molecule has 2 aromatic rings. The molecular formula is C28H38BrClN2O. The molecular weight excluding hydrogens is 496 g/mol. The molecule has 0 atom stereocenters. The number of hydrogen-bond donors (Lipinski definition) is 0. The van der Waals surface area contributed by atoms with Crippen molar-refractivity contribution in [2.75, 3.05) is 18.7 Å². The van der Waals surface area contributed by atoms with Crippen LogP contribution in [-0.4, -0.2) is 18.7 Å². The lowest BCUT2D eigenvalue weighted by Crippen LogP contribution is -2.32. The second-order valence-electron chi connectivity index (χ2n) is 8.27. The minimum atomic E-state index is 0.757. The molecule has 180 valence electrons. The van der Waals surface area contributed by atoms with E-state index >= 15 is 0 Å². The molecule has 0 bridgehead atoms. The first-order chi connectivity index (χ1) is 15.9. The van der Waals surface area contributed by atoms with Crippen LogP contribution in [-0.2, 0) is 0 Å². The van der Waals surface area contributed by atoms with E-state index in [0.29, 0.717) is 0 Å². The van der Waals surface area contributed by atoms with Crippen LogP contribution in [0.4, 0.5) is 5.69 Å². The van der Waals surface area contributed by atoms with Gasteiger partial charge in [-0.1, -0.05) is 82.8 Å². The van der Waals surface area contributed by atoms with Gasteiger partial charge in [0.2, 0.25) is 0 Å². The maximum Gasteiger partial charge on any atom is 0.119 e. The van der Waals surface area contributed by atoms with Gasteiger partial charge in [-0.15, -0.1) is 0 Å². The van der Waals surface area contributed by atoms with Crippen LogP contribution in [0.2, 0.25) is 5.02 Å². The van der Waals surface area contributed by atoms with Gasteiger partial charge in [0, 0.05) is 12.1 Å². The zero-order valence-electron chi connectivity index (χ0n) is 20.5. The number of ether oxygens (including phenoxy) is 1. The molecule has 3 nitrogen and oxygen atoms in total. The Hall–Kier alpha value is -1.91. The number of benzene rings is 2. The van der Waals surface area contributed by atoms with Gasteiger partial charge < -0.3 is 4.74 Å². The van der Waals surface area contributed by atoms with Crippen LogP contribution < -0.4 is 9.75 Å². The molecule has 5 heteroatoms. The third-order valence-electron chi connectivity index (χ3n) is 5.79. The number of allylic oxidation sites excluding steroid dienone is 2. The molecule has 1 aliphatic heterocycles.